The maximum Gasteiger partial charge on any atom is 0.269 e. The van der Waals surface area contributed by atoms with E-state index in [1.807, 2.05) is 24.3 Å². The Labute approximate surface area is 129 Å². The van der Waals surface area contributed by atoms with Crippen LogP contribution in [0, 0.1) is 13.7 Å². The molecule has 0 unspecified atom stereocenters. The monoisotopic (exact) mass is 385 g/mol. The largest absolute Gasteiger partial charge is 0.489 e. The van der Waals surface area contributed by atoms with Gasteiger partial charge in [0.1, 0.15) is 12.4 Å². The molecule has 0 saturated heterocycles. The van der Waals surface area contributed by atoms with E-state index in [1.165, 1.54) is 12.1 Å². The molecule has 6 nitrogen and oxygen atoms in total. The summed E-state index contributed by atoms with van der Waals surface area (Å²) in [5.74, 6) is 6.08. The molecule has 0 amide bonds. The zero-order valence-electron chi connectivity index (χ0n) is 10.4. The SMILES string of the molecule is NNc1ccc([N+](=O)[O-])cc1COc1ccc(I)cc1. The van der Waals surface area contributed by atoms with Gasteiger partial charge in [0, 0.05) is 21.3 Å². The maximum atomic E-state index is 10.8. The first-order chi connectivity index (χ1) is 9.60. The van der Waals surface area contributed by atoms with E-state index in [0.717, 1.165) is 3.57 Å². The molecule has 104 valence electrons. The number of hydrogen-bond donors (Lipinski definition) is 2. The topological polar surface area (TPSA) is 90.4 Å². The van der Waals surface area contributed by atoms with Gasteiger partial charge in [-0.1, -0.05) is 0 Å². The number of nitrogens with zero attached hydrogens (tertiary/aromatic N) is 1. The zero-order chi connectivity index (χ0) is 14.5. The van der Waals surface area contributed by atoms with Gasteiger partial charge < -0.3 is 10.2 Å². The van der Waals surface area contributed by atoms with Crippen molar-refractivity contribution >= 4 is 34.0 Å². The highest BCUT2D eigenvalue weighted by molar-refractivity contribution is 14.1. The first-order valence-corrected chi connectivity index (χ1v) is 6.80. The number of anilines is 1. The summed E-state index contributed by atoms with van der Waals surface area (Å²) in [7, 11) is 0. The summed E-state index contributed by atoms with van der Waals surface area (Å²) in [6.07, 6.45) is 0. The van der Waals surface area contributed by atoms with E-state index in [-0.39, 0.29) is 12.3 Å². The van der Waals surface area contributed by atoms with Gasteiger partial charge in [0.05, 0.1) is 10.6 Å². The standard InChI is InChI=1S/C13H12IN3O3/c14-10-1-4-12(5-2-10)20-8-9-7-11(17(18)19)3-6-13(9)16-15/h1-7,16H,8,15H2. The average Bonchev–Trinajstić information content (AvgIpc) is 2.46. The molecule has 0 heterocycles. The Hall–Kier alpha value is -1.87. The molecule has 0 aromatic heterocycles. The Balaban J connectivity index is 2.16. The van der Waals surface area contributed by atoms with Crippen molar-refractivity contribution in [3.63, 3.8) is 0 Å². The van der Waals surface area contributed by atoms with Crippen LogP contribution in [0.25, 0.3) is 0 Å². The van der Waals surface area contributed by atoms with Crippen LogP contribution >= 0.6 is 22.6 Å². The fourth-order valence-corrected chi connectivity index (χ4v) is 2.01. The molecule has 0 aliphatic heterocycles. The molecular formula is C13H12IN3O3. The van der Waals surface area contributed by atoms with Crippen molar-refractivity contribution in [3.05, 3.63) is 61.7 Å². The molecule has 0 aliphatic carbocycles. The lowest BCUT2D eigenvalue weighted by Gasteiger charge is -2.10. The summed E-state index contributed by atoms with van der Waals surface area (Å²) in [5.41, 5.74) is 3.73. The Morgan fingerprint density at radius 3 is 2.55 bits per heavy atom. The number of rotatable bonds is 5. The lowest BCUT2D eigenvalue weighted by Crippen LogP contribution is -2.10. The van der Waals surface area contributed by atoms with Crippen molar-refractivity contribution in [1.82, 2.24) is 0 Å². The van der Waals surface area contributed by atoms with Crippen LogP contribution in [0.2, 0.25) is 0 Å². The molecule has 2 aromatic carbocycles. The van der Waals surface area contributed by atoms with Gasteiger partial charge in [-0.15, -0.1) is 0 Å². The van der Waals surface area contributed by atoms with Gasteiger partial charge in [0.25, 0.3) is 5.69 Å². The molecular weight excluding hydrogens is 373 g/mol. The highest BCUT2D eigenvalue weighted by Gasteiger charge is 2.10. The normalized spacial score (nSPS) is 10.1. The summed E-state index contributed by atoms with van der Waals surface area (Å²) in [5, 5.41) is 10.8. The molecule has 0 spiro atoms. The minimum atomic E-state index is -0.450. The van der Waals surface area contributed by atoms with Crippen LogP contribution < -0.4 is 16.0 Å². The first-order valence-electron chi connectivity index (χ1n) is 5.72. The molecule has 0 aliphatic rings. The van der Waals surface area contributed by atoms with E-state index < -0.39 is 4.92 Å². The summed E-state index contributed by atoms with van der Waals surface area (Å²) in [4.78, 5) is 10.3. The number of nitrogens with one attached hydrogen (secondary N) is 1. The third-order valence-electron chi connectivity index (χ3n) is 2.66. The number of nitro groups is 1. The highest BCUT2D eigenvalue weighted by Crippen LogP contribution is 2.23. The number of benzene rings is 2. The van der Waals surface area contributed by atoms with Crippen LogP contribution in [0.4, 0.5) is 11.4 Å². The zero-order valence-corrected chi connectivity index (χ0v) is 12.5. The number of hydrazine groups is 1. The number of nitrogen functional groups attached to an aromatic ring is 1. The van der Waals surface area contributed by atoms with E-state index >= 15 is 0 Å². The second kappa shape index (κ2) is 6.53. The number of hydrogen-bond acceptors (Lipinski definition) is 5. The number of non-ortho nitro benzene ring substituents is 1. The van der Waals surface area contributed by atoms with Crippen LogP contribution in [0.5, 0.6) is 5.75 Å². The Bertz CT molecular complexity index is 617. The fourth-order valence-electron chi connectivity index (χ4n) is 1.65. The molecule has 0 saturated carbocycles. The Morgan fingerprint density at radius 1 is 1.25 bits per heavy atom. The average molecular weight is 385 g/mol. The van der Waals surface area contributed by atoms with Crippen LogP contribution in [0.15, 0.2) is 42.5 Å². The van der Waals surface area contributed by atoms with E-state index in [9.17, 15) is 10.1 Å². The minimum absolute atomic E-state index is 0.00482. The molecule has 7 heteroatoms. The third kappa shape index (κ3) is 3.58. The van der Waals surface area contributed by atoms with Crippen molar-refractivity contribution < 1.29 is 9.66 Å². The lowest BCUT2D eigenvalue weighted by atomic mass is 10.1. The second-order valence-electron chi connectivity index (χ2n) is 3.99. The van der Waals surface area contributed by atoms with Crippen LogP contribution in [0.3, 0.4) is 0 Å². The quantitative estimate of drug-likeness (QED) is 0.357. The highest BCUT2D eigenvalue weighted by atomic mass is 127. The van der Waals surface area contributed by atoms with Gasteiger partial charge in [0.2, 0.25) is 0 Å². The Kier molecular flexibility index (Phi) is 4.74. The fraction of sp³-hybridized carbons (Fsp3) is 0.0769. The number of nitro benzene ring substituents is 1. The van der Waals surface area contributed by atoms with Gasteiger partial charge in [-0.2, -0.15) is 0 Å². The molecule has 2 rings (SSSR count). The van der Waals surface area contributed by atoms with E-state index in [0.29, 0.717) is 17.0 Å². The van der Waals surface area contributed by atoms with Crippen LogP contribution in [-0.2, 0) is 6.61 Å². The minimum Gasteiger partial charge on any atom is -0.489 e. The van der Waals surface area contributed by atoms with Gasteiger partial charge in [-0.3, -0.25) is 16.0 Å². The van der Waals surface area contributed by atoms with Crippen LogP contribution in [-0.4, -0.2) is 4.92 Å². The molecule has 0 fully saturated rings. The summed E-state index contributed by atoms with van der Waals surface area (Å²) in [6, 6.07) is 11.9. The molecule has 0 radical (unpaired) electrons. The van der Waals surface area contributed by atoms with Crippen molar-refractivity contribution in [2.75, 3.05) is 5.43 Å². The van der Waals surface area contributed by atoms with Crippen molar-refractivity contribution in [3.8, 4) is 5.75 Å². The number of ether oxygens (including phenoxy) is 1. The predicted octanol–water partition coefficient (Wildman–Crippen LogP) is 3.06. The van der Waals surface area contributed by atoms with Crippen LogP contribution in [0.1, 0.15) is 5.56 Å². The van der Waals surface area contributed by atoms with Crippen molar-refractivity contribution in [1.29, 1.82) is 0 Å². The van der Waals surface area contributed by atoms with Crippen molar-refractivity contribution in [2.45, 2.75) is 6.61 Å². The number of nitrogens with two attached hydrogens (primary N) is 1. The molecule has 20 heavy (non-hydrogen) atoms. The summed E-state index contributed by atoms with van der Waals surface area (Å²) < 4.78 is 6.71. The van der Waals surface area contributed by atoms with E-state index in [2.05, 4.69) is 28.0 Å². The summed E-state index contributed by atoms with van der Waals surface area (Å²) in [6.45, 7) is 0.196. The van der Waals surface area contributed by atoms with Crippen molar-refractivity contribution in [2.24, 2.45) is 5.84 Å². The molecule has 3 N–H and O–H groups in total. The second-order valence-corrected chi connectivity index (χ2v) is 5.23. The third-order valence-corrected chi connectivity index (χ3v) is 3.38. The Morgan fingerprint density at radius 2 is 1.95 bits per heavy atom. The molecule has 0 bridgehead atoms. The first kappa shape index (κ1) is 14.5. The van der Waals surface area contributed by atoms with E-state index in [4.69, 9.17) is 10.6 Å². The van der Waals surface area contributed by atoms with E-state index in [1.54, 1.807) is 6.07 Å². The van der Waals surface area contributed by atoms with Gasteiger partial charge in [-0.25, -0.2) is 0 Å². The summed E-state index contributed by atoms with van der Waals surface area (Å²) >= 11 is 2.20. The maximum absolute atomic E-state index is 10.8. The van der Waals surface area contributed by atoms with Gasteiger partial charge in [0.15, 0.2) is 0 Å². The molecule has 0 atom stereocenters. The predicted molar refractivity (Wildman–Crippen MR) is 84.4 cm³/mol. The molecule has 2 aromatic rings. The number of halogens is 1. The lowest BCUT2D eigenvalue weighted by molar-refractivity contribution is -0.384. The van der Waals surface area contributed by atoms with Gasteiger partial charge >= 0.3 is 0 Å². The van der Waals surface area contributed by atoms with Gasteiger partial charge in [-0.05, 0) is 52.9 Å². The smallest absolute Gasteiger partial charge is 0.269 e.